The van der Waals surface area contributed by atoms with Crippen LogP contribution in [-0.2, 0) is 0 Å². The standard InChI is InChI=1S/C14H10ClNOS2/c1-8-9(2)19-14(16-7-18)12(8)13(17)10-5-3-4-6-11(10)15/h3-6H,1-2H3. The molecule has 0 aliphatic heterocycles. The van der Waals surface area contributed by atoms with Crippen molar-refractivity contribution < 1.29 is 4.79 Å². The Balaban J connectivity index is 2.62. The third kappa shape index (κ3) is 2.67. The first kappa shape index (κ1) is 14.1. The summed E-state index contributed by atoms with van der Waals surface area (Å²) in [7, 11) is 0. The van der Waals surface area contributed by atoms with Crippen LogP contribution in [0.25, 0.3) is 0 Å². The molecule has 2 aromatic rings. The first-order valence-electron chi connectivity index (χ1n) is 5.53. The molecule has 1 aromatic heterocycles. The highest BCUT2D eigenvalue weighted by atomic mass is 35.5. The van der Waals surface area contributed by atoms with Gasteiger partial charge in [0.05, 0.1) is 15.7 Å². The quantitative estimate of drug-likeness (QED) is 0.454. The summed E-state index contributed by atoms with van der Waals surface area (Å²) in [6.07, 6.45) is 0. The van der Waals surface area contributed by atoms with Gasteiger partial charge in [0, 0.05) is 10.4 Å². The molecule has 0 bridgehead atoms. The van der Waals surface area contributed by atoms with Gasteiger partial charge in [-0.15, -0.1) is 11.3 Å². The molecule has 0 fully saturated rings. The van der Waals surface area contributed by atoms with Crippen molar-refractivity contribution in [2.24, 2.45) is 4.99 Å². The van der Waals surface area contributed by atoms with Gasteiger partial charge in [0.15, 0.2) is 5.78 Å². The van der Waals surface area contributed by atoms with Crippen LogP contribution in [0, 0.1) is 13.8 Å². The van der Waals surface area contributed by atoms with Gasteiger partial charge in [-0.2, -0.15) is 4.99 Å². The molecule has 0 unspecified atom stereocenters. The van der Waals surface area contributed by atoms with E-state index >= 15 is 0 Å². The molecular formula is C14H10ClNOS2. The zero-order chi connectivity index (χ0) is 14.0. The van der Waals surface area contributed by atoms with Gasteiger partial charge in [0.2, 0.25) is 0 Å². The summed E-state index contributed by atoms with van der Waals surface area (Å²) < 4.78 is 0. The minimum atomic E-state index is -0.128. The Labute approximate surface area is 125 Å². The summed E-state index contributed by atoms with van der Waals surface area (Å²) in [5, 5.41) is 3.35. The second-order valence-corrected chi connectivity index (χ2v) is 5.77. The maximum atomic E-state index is 12.6. The summed E-state index contributed by atoms with van der Waals surface area (Å²) in [5.74, 6) is -0.128. The van der Waals surface area contributed by atoms with Gasteiger partial charge in [-0.05, 0) is 43.8 Å². The first-order valence-corrected chi connectivity index (χ1v) is 7.13. The van der Waals surface area contributed by atoms with Crippen molar-refractivity contribution in [3.8, 4) is 0 Å². The zero-order valence-corrected chi connectivity index (χ0v) is 12.7. The lowest BCUT2D eigenvalue weighted by Crippen LogP contribution is -2.03. The number of hydrogen-bond donors (Lipinski definition) is 0. The van der Waals surface area contributed by atoms with Gasteiger partial charge in [0.1, 0.15) is 5.00 Å². The lowest BCUT2D eigenvalue weighted by molar-refractivity contribution is 0.103. The highest BCUT2D eigenvalue weighted by Gasteiger charge is 2.22. The Morgan fingerprint density at radius 2 is 2.05 bits per heavy atom. The second-order valence-electron chi connectivity index (χ2n) is 3.98. The van der Waals surface area contributed by atoms with Crippen LogP contribution in [0.3, 0.4) is 0 Å². The zero-order valence-electron chi connectivity index (χ0n) is 10.4. The van der Waals surface area contributed by atoms with E-state index in [1.165, 1.54) is 11.3 Å². The number of aliphatic imine (C=N–C) groups is 1. The monoisotopic (exact) mass is 307 g/mol. The summed E-state index contributed by atoms with van der Waals surface area (Å²) in [5.41, 5.74) is 1.96. The maximum Gasteiger partial charge on any atom is 0.197 e. The molecule has 2 rings (SSSR count). The van der Waals surface area contributed by atoms with E-state index in [4.69, 9.17) is 11.6 Å². The average molecular weight is 308 g/mol. The van der Waals surface area contributed by atoms with Crippen LogP contribution in [0.2, 0.25) is 5.02 Å². The van der Waals surface area contributed by atoms with Gasteiger partial charge in [-0.3, -0.25) is 4.79 Å². The smallest absolute Gasteiger partial charge is 0.197 e. The number of halogens is 1. The lowest BCUT2D eigenvalue weighted by atomic mass is 10.0. The molecule has 0 radical (unpaired) electrons. The summed E-state index contributed by atoms with van der Waals surface area (Å²) in [6.45, 7) is 3.85. The number of aryl methyl sites for hydroxylation is 1. The van der Waals surface area contributed by atoms with Crippen molar-refractivity contribution >= 4 is 51.1 Å². The van der Waals surface area contributed by atoms with Crippen molar-refractivity contribution in [3.05, 3.63) is 50.9 Å². The van der Waals surface area contributed by atoms with E-state index in [0.29, 0.717) is 21.2 Å². The van der Waals surface area contributed by atoms with Crippen LogP contribution >= 0.6 is 35.2 Å². The number of hydrogen-bond acceptors (Lipinski definition) is 4. The van der Waals surface area contributed by atoms with Gasteiger partial charge >= 0.3 is 0 Å². The maximum absolute atomic E-state index is 12.6. The first-order chi connectivity index (χ1) is 9.06. The Morgan fingerprint density at radius 3 is 2.68 bits per heavy atom. The van der Waals surface area contributed by atoms with E-state index in [1.807, 2.05) is 13.8 Å². The number of ketones is 1. The molecular weight excluding hydrogens is 298 g/mol. The van der Waals surface area contributed by atoms with Gasteiger partial charge in [-0.25, -0.2) is 0 Å². The van der Waals surface area contributed by atoms with Crippen molar-refractivity contribution in [2.45, 2.75) is 13.8 Å². The molecule has 1 heterocycles. The molecule has 5 heteroatoms. The summed E-state index contributed by atoms with van der Waals surface area (Å²) >= 11 is 12.1. The van der Waals surface area contributed by atoms with E-state index in [1.54, 1.807) is 24.3 Å². The summed E-state index contributed by atoms with van der Waals surface area (Å²) in [6, 6.07) is 6.99. The number of carbonyl (C=O) groups is 1. The largest absolute Gasteiger partial charge is 0.288 e. The van der Waals surface area contributed by atoms with E-state index in [2.05, 4.69) is 22.4 Å². The molecule has 0 atom stereocenters. The number of carbonyl (C=O) groups excluding carboxylic acids is 1. The van der Waals surface area contributed by atoms with Crippen LogP contribution in [-0.4, -0.2) is 10.9 Å². The van der Waals surface area contributed by atoms with Crippen LogP contribution in [0.4, 0.5) is 5.00 Å². The van der Waals surface area contributed by atoms with Crippen LogP contribution in [0.15, 0.2) is 29.3 Å². The third-order valence-corrected chi connectivity index (χ3v) is 4.38. The second kappa shape index (κ2) is 5.76. The highest BCUT2D eigenvalue weighted by Crippen LogP contribution is 2.36. The highest BCUT2D eigenvalue weighted by molar-refractivity contribution is 7.78. The SMILES string of the molecule is Cc1sc(N=C=S)c(C(=O)c2ccccc2Cl)c1C. The molecule has 96 valence electrons. The molecule has 0 aliphatic rings. The predicted octanol–water partition coefficient (Wildman–Crippen LogP) is 4.98. The number of rotatable bonds is 3. The minimum absolute atomic E-state index is 0.128. The van der Waals surface area contributed by atoms with Gasteiger partial charge in [0.25, 0.3) is 0 Å². The number of thiophene rings is 1. The summed E-state index contributed by atoms with van der Waals surface area (Å²) in [4.78, 5) is 17.6. The van der Waals surface area contributed by atoms with E-state index in [9.17, 15) is 4.79 Å². The van der Waals surface area contributed by atoms with Crippen molar-refractivity contribution in [1.29, 1.82) is 0 Å². The van der Waals surface area contributed by atoms with Crippen LogP contribution in [0.1, 0.15) is 26.4 Å². The molecule has 0 saturated heterocycles. The fourth-order valence-corrected chi connectivity index (χ4v) is 3.13. The number of thiocarbonyl (C=S) groups is 1. The number of nitrogens with zero attached hydrogens (tertiary/aromatic N) is 1. The minimum Gasteiger partial charge on any atom is -0.288 e. The van der Waals surface area contributed by atoms with E-state index in [0.717, 1.165) is 10.4 Å². The molecule has 0 aliphatic carbocycles. The average Bonchev–Trinajstić information content (AvgIpc) is 2.65. The number of benzene rings is 1. The number of isothiocyanates is 1. The fourth-order valence-electron chi connectivity index (χ4n) is 1.78. The Hall–Kier alpha value is -1.32. The van der Waals surface area contributed by atoms with E-state index < -0.39 is 0 Å². The molecule has 0 spiro atoms. The molecule has 0 amide bonds. The topological polar surface area (TPSA) is 29.4 Å². The van der Waals surface area contributed by atoms with Crippen molar-refractivity contribution in [3.63, 3.8) is 0 Å². The fraction of sp³-hybridized carbons (Fsp3) is 0.143. The van der Waals surface area contributed by atoms with Crippen LogP contribution < -0.4 is 0 Å². The predicted molar refractivity (Wildman–Crippen MR) is 83.4 cm³/mol. The Kier molecular flexibility index (Phi) is 4.27. The van der Waals surface area contributed by atoms with E-state index in [-0.39, 0.29) is 5.78 Å². The Bertz CT molecular complexity index is 699. The third-order valence-electron chi connectivity index (χ3n) is 2.86. The van der Waals surface area contributed by atoms with Gasteiger partial charge in [-0.1, -0.05) is 23.7 Å². The van der Waals surface area contributed by atoms with Crippen molar-refractivity contribution in [1.82, 2.24) is 0 Å². The van der Waals surface area contributed by atoms with Crippen molar-refractivity contribution in [2.75, 3.05) is 0 Å². The molecule has 0 N–H and O–H groups in total. The van der Waals surface area contributed by atoms with Crippen LogP contribution in [0.5, 0.6) is 0 Å². The van der Waals surface area contributed by atoms with Gasteiger partial charge < -0.3 is 0 Å². The lowest BCUT2D eigenvalue weighted by Gasteiger charge is -2.04. The molecule has 2 nitrogen and oxygen atoms in total. The normalized spacial score (nSPS) is 10.1. The molecule has 1 aromatic carbocycles. The molecule has 0 saturated carbocycles. The Morgan fingerprint density at radius 1 is 1.37 bits per heavy atom. The molecule has 19 heavy (non-hydrogen) atoms.